The quantitative estimate of drug-likeness (QED) is 0.318. The lowest BCUT2D eigenvalue weighted by molar-refractivity contribution is 0.101. The number of carbonyl (C=O) groups excluding carboxylic acids is 1. The molecule has 2 heterocycles. The molecule has 1 aliphatic rings. The molecule has 0 spiro atoms. The Kier molecular flexibility index (Phi) is 5.57. The zero-order valence-electron chi connectivity index (χ0n) is 19.2. The minimum absolute atomic E-state index is 0.171. The number of ketones is 1. The highest BCUT2D eigenvalue weighted by molar-refractivity contribution is 6.15. The van der Waals surface area contributed by atoms with Crippen LogP contribution in [0.3, 0.4) is 0 Å². The maximum Gasteiger partial charge on any atom is 0.231 e. The van der Waals surface area contributed by atoms with E-state index in [9.17, 15) is 9.18 Å². The Bertz CT molecular complexity index is 1450. The van der Waals surface area contributed by atoms with Crippen LogP contribution in [0, 0.1) is 12.7 Å². The molecule has 0 saturated heterocycles. The molecule has 172 valence electrons. The molecular formula is C28H24FNO4. The summed E-state index contributed by atoms with van der Waals surface area (Å²) in [6.07, 6.45) is 3.79. The highest BCUT2D eigenvalue weighted by Crippen LogP contribution is 2.40. The Morgan fingerprint density at radius 3 is 2.74 bits per heavy atom. The van der Waals surface area contributed by atoms with Gasteiger partial charge in [0.05, 0.1) is 12.7 Å². The van der Waals surface area contributed by atoms with Crippen molar-refractivity contribution in [3.8, 4) is 17.2 Å². The molecule has 0 saturated carbocycles. The van der Waals surface area contributed by atoms with Crippen molar-refractivity contribution in [2.45, 2.75) is 27.0 Å². The molecule has 6 heteroatoms. The number of nitrogens with zero attached hydrogens (tertiary/aromatic N) is 1. The van der Waals surface area contributed by atoms with E-state index < -0.39 is 0 Å². The van der Waals surface area contributed by atoms with E-state index >= 15 is 0 Å². The number of fused-ring (bicyclic) bond motifs is 2. The van der Waals surface area contributed by atoms with Crippen LogP contribution in [-0.4, -0.2) is 17.5 Å². The number of allylic oxidation sites excluding steroid dienone is 1. The van der Waals surface area contributed by atoms with Gasteiger partial charge in [-0.25, -0.2) is 4.39 Å². The number of methoxy groups -OCH3 is 1. The van der Waals surface area contributed by atoms with Crippen molar-refractivity contribution in [2.75, 3.05) is 7.11 Å². The van der Waals surface area contributed by atoms with Crippen molar-refractivity contribution in [2.24, 2.45) is 0 Å². The van der Waals surface area contributed by atoms with Crippen LogP contribution in [0.4, 0.5) is 4.39 Å². The summed E-state index contributed by atoms with van der Waals surface area (Å²) < 4.78 is 32.9. The van der Waals surface area contributed by atoms with E-state index in [0.717, 1.165) is 39.9 Å². The smallest absolute Gasteiger partial charge is 0.231 e. The van der Waals surface area contributed by atoms with Crippen molar-refractivity contribution in [1.29, 1.82) is 0 Å². The summed E-state index contributed by atoms with van der Waals surface area (Å²) in [5.74, 6) is 1.61. The summed E-state index contributed by atoms with van der Waals surface area (Å²) in [4.78, 5) is 13.1. The van der Waals surface area contributed by atoms with Gasteiger partial charge in [-0.05, 0) is 68.0 Å². The van der Waals surface area contributed by atoms with E-state index in [0.29, 0.717) is 17.1 Å². The van der Waals surface area contributed by atoms with Crippen LogP contribution in [0.2, 0.25) is 0 Å². The molecule has 0 bridgehead atoms. The van der Waals surface area contributed by atoms with E-state index in [1.807, 2.05) is 31.3 Å². The molecular weight excluding hydrogens is 433 g/mol. The number of rotatable bonds is 6. The second-order valence-electron chi connectivity index (χ2n) is 8.18. The minimum atomic E-state index is -0.308. The number of ether oxygens (including phenoxy) is 3. The minimum Gasteiger partial charge on any atom is -0.497 e. The van der Waals surface area contributed by atoms with Gasteiger partial charge in [-0.15, -0.1) is 0 Å². The third-order valence-electron chi connectivity index (χ3n) is 6.07. The van der Waals surface area contributed by atoms with Crippen molar-refractivity contribution >= 4 is 22.8 Å². The number of hydrogen-bond acceptors (Lipinski definition) is 4. The third kappa shape index (κ3) is 3.81. The van der Waals surface area contributed by atoms with E-state index in [1.54, 1.807) is 37.5 Å². The molecule has 0 amide bonds. The fraction of sp³-hybridized carbons (Fsp3) is 0.179. The topological polar surface area (TPSA) is 49.7 Å². The number of Topliss-reactive ketones (excluding diaryl/α,β-unsaturated/α-hetero) is 1. The average molecular weight is 458 g/mol. The molecule has 0 N–H and O–H groups in total. The summed E-state index contributed by atoms with van der Waals surface area (Å²) in [7, 11) is 1.63. The second kappa shape index (κ2) is 8.71. The largest absolute Gasteiger partial charge is 0.497 e. The summed E-state index contributed by atoms with van der Waals surface area (Å²) in [5, 5.41) is 0.983. The SMILES string of the molecule is CCn1cc(/C=C2\Oc3c(ccc(OCc4cccc(F)c4)c3C)C2=O)c2cc(OC)ccc21. The van der Waals surface area contributed by atoms with Gasteiger partial charge >= 0.3 is 0 Å². The lowest BCUT2D eigenvalue weighted by Crippen LogP contribution is -1.98. The molecule has 0 radical (unpaired) electrons. The maximum absolute atomic E-state index is 13.5. The van der Waals surface area contributed by atoms with Crippen LogP contribution in [0.25, 0.3) is 17.0 Å². The van der Waals surface area contributed by atoms with Gasteiger partial charge in [0.25, 0.3) is 0 Å². The molecule has 5 nitrogen and oxygen atoms in total. The second-order valence-corrected chi connectivity index (χ2v) is 8.18. The molecule has 0 aliphatic carbocycles. The molecule has 0 fully saturated rings. The first kappa shape index (κ1) is 21.8. The number of benzene rings is 3. The maximum atomic E-state index is 13.5. The van der Waals surface area contributed by atoms with Crippen molar-refractivity contribution < 1.29 is 23.4 Å². The number of carbonyl (C=O) groups is 1. The van der Waals surface area contributed by atoms with E-state index in [4.69, 9.17) is 14.2 Å². The van der Waals surface area contributed by atoms with Crippen molar-refractivity contribution in [3.63, 3.8) is 0 Å². The molecule has 0 unspecified atom stereocenters. The Balaban J connectivity index is 1.46. The van der Waals surface area contributed by atoms with E-state index in [-0.39, 0.29) is 24.0 Å². The first-order valence-corrected chi connectivity index (χ1v) is 11.1. The Morgan fingerprint density at radius 2 is 1.97 bits per heavy atom. The third-order valence-corrected chi connectivity index (χ3v) is 6.07. The predicted octanol–water partition coefficient (Wildman–Crippen LogP) is 6.31. The van der Waals surface area contributed by atoms with Gasteiger partial charge in [-0.2, -0.15) is 0 Å². The Labute approximate surface area is 197 Å². The summed E-state index contributed by atoms with van der Waals surface area (Å²) >= 11 is 0. The molecule has 1 aromatic heterocycles. The summed E-state index contributed by atoms with van der Waals surface area (Å²) in [6.45, 7) is 4.94. The van der Waals surface area contributed by atoms with Crippen LogP contribution in [0.1, 0.15) is 34.0 Å². The lowest BCUT2D eigenvalue weighted by Gasteiger charge is -2.11. The van der Waals surface area contributed by atoms with Gasteiger partial charge < -0.3 is 18.8 Å². The van der Waals surface area contributed by atoms with Gasteiger partial charge in [-0.3, -0.25) is 4.79 Å². The van der Waals surface area contributed by atoms with Gasteiger partial charge in [0.1, 0.15) is 29.7 Å². The Hall–Kier alpha value is -4.06. The number of halogens is 1. The number of aromatic nitrogens is 1. The van der Waals surface area contributed by atoms with Crippen LogP contribution in [0.15, 0.2) is 66.6 Å². The van der Waals surface area contributed by atoms with Gasteiger partial charge in [0.2, 0.25) is 5.78 Å². The molecule has 1 aliphatic heterocycles. The van der Waals surface area contributed by atoms with Gasteiger partial charge in [-0.1, -0.05) is 12.1 Å². The average Bonchev–Trinajstić information content (AvgIpc) is 3.36. The fourth-order valence-corrected chi connectivity index (χ4v) is 4.26. The monoisotopic (exact) mass is 457 g/mol. The molecule has 0 atom stereocenters. The zero-order valence-corrected chi connectivity index (χ0v) is 19.2. The van der Waals surface area contributed by atoms with Crippen molar-refractivity contribution in [1.82, 2.24) is 4.57 Å². The van der Waals surface area contributed by atoms with Crippen LogP contribution < -0.4 is 14.2 Å². The van der Waals surface area contributed by atoms with Gasteiger partial charge in [0, 0.05) is 34.8 Å². The zero-order chi connectivity index (χ0) is 23.8. The highest BCUT2D eigenvalue weighted by atomic mass is 19.1. The molecule has 5 rings (SSSR count). The molecule has 3 aromatic carbocycles. The van der Waals surface area contributed by atoms with Crippen LogP contribution in [-0.2, 0) is 13.2 Å². The summed E-state index contributed by atoms with van der Waals surface area (Å²) in [5.41, 5.74) is 3.89. The highest BCUT2D eigenvalue weighted by Gasteiger charge is 2.30. The number of aryl methyl sites for hydroxylation is 1. The fourth-order valence-electron chi connectivity index (χ4n) is 4.26. The van der Waals surface area contributed by atoms with E-state index in [1.165, 1.54) is 12.1 Å². The van der Waals surface area contributed by atoms with Crippen LogP contribution >= 0.6 is 0 Å². The van der Waals surface area contributed by atoms with Gasteiger partial charge in [0.15, 0.2) is 5.76 Å². The van der Waals surface area contributed by atoms with E-state index in [2.05, 4.69) is 11.5 Å². The Morgan fingerprint density at radius 1 is 1.12 bits per heavy atom. The van der Waals surface area contributed by atoms with Crippen LogP contribution in [0.5, 0.6) is 17.2 Å². The standard InChI is InChI=1S/C28H24FNO4/c1-4-30-15-19(23-14-21(32-3)8-10-24(23)30)13-26-27(31)22-9-11-25(17(2)28(22)34-26)33-16-18-6-5-7-20(29)12-18/h5-15H,4,16H2,1-3H3/b26-13-. The molecule has 34 heavy (non-hydrogen) atoms. The first-order valence-electron chi connectivity index (χ1n) is 11.1. The molecule has 4 aromatic rings. The number of hydrogen-bond donors (Lipinski definition) is 0. The first-order chi connectivity index (χ1) is 16.5. The predicted molar refractivity (Wildman–Crippen MR) is 129 cm³/mol. The normalized spacial score (nSPS) is 13.9. The lowest BCUT2D eigenvalue weighted by atomic mass is 10.1. The summed E-state index contributed by atoms with van der Waals surface area (Å²) in [6, 6.07) is 15.6. The van der Waals surface area contributed by atoms with Crippen molar-refractivity contribution in [3.05, 3.63) is 94.6 Å².